The maximum atomic E-state index is 12.1. The fourth-order valence-electron chi connectivity index (χ4n) is 2.51. The molecule has 0 bridgehead atoms. The van der Waals surface area contributed by atoms with Gasteiger partial charge in [0.2, 0.25) is 5.91 Å². The summed E-state index contributed by atoms with van der Waals surface area (Å²) in [5, 5.41) is 6.24. The second-order valence-corrected chi connectivity index (χ2v) is 5.99. The third-order valence-corrected chi connectivity index (χ3v) is 4.24. The minimum atomic E-state index is 0.0707. The number of amides is 1. The molecule has 1 aromatic carbocycles. The lowest BCUT2D eigenvalue weighted by atomic mass is 9.88. The molecule has 0 spiro atoms. The van der Waals surface area contributed by atoms with Gasteiger partial charge in [-0.05, 0) is 37.1 Å². The van der Waals surface area contributed by atoms with Crippen LogP contribution in [0.15, 0.2) is 24.3 Å². The lowest BCUT2D eigenvalue weighted by molar-refractivity contribution is -0.126. The summed E-state index contributed by atoms with van der Waals surface area (Å²) in [6.07, 6.45) is 0. The van der Waals surface area contributed by atoms with Crippen molar-refractivity contribution in [3.63, 3.8) is 0 Å². The van der Waals surface area contributed by atoms with Crippen LogP contribution < -0.4 is 10.6 Å². The van der Waals surface area contributed by atoms with Crippen LogP contribution in [0.3, 0.4) is 0 Å². The summed E-state index contributed by atoms with van der Waals surface area (Å²) in [5.74, 6) is 0.677. The van der Waals surface area contributed by atoms with Gasteiger partial charge >= 0.3 is 0 Å². The predicted molar refractivity (Wildman–Crippen MR) is 90.0 cm³/mol. The predicted octanol–water partition coefficient (Wildman–Crippen LogP) is 1.71. The second kappa shape index (κ2) is 9.65. The van der Waals surface area contributed by atoms with Crippen molar-refractivity contribution >= 4 is 5.91 Å². The molecule has 1 aromatic rings. The molecule has 0 saturated carbocycles. The van der Waals surface area contributed by atoms with Crippen LogP contribution in [0.1, 0.15) is 25.0 Å². The Bertz CT molecular complexity index is 489. The first kappa shape index (κ1) is 17.9. The van der Waals surface area contributed by atoms with E-state index in [0.29, 0.717) is 38.9 Å². The highest BCUT2D eigenvalue weighted by atomic mass is 16.5. The normalized spacial score (nSPS) is 15.9. The molecule has 5 heteroatoms. The lowest BCUT2D eigenvalue weighted by Gasteiger charge is -2.31. The summed E-state index contributed by atoms with van der Waals surface area (Å²) in [6.45, 7) is 8.95. The van der Waals surface area contributed by atoms with E-state index >= 15 is 0 Å². The number of benzene rings is 1. The molecule has 1 aliphatic rings. The first-order chi connectivity index (χ1) is 11.2. The molecule has 2 rings (SSSR count). The molecular weight excluding hydrogens is 292 g/mol. The van der Waals surface area contributed by atoms with Crippen LogP contribution in [0.2, 0.25) is 0 Å². The molecule has 128 valence electrons. The quantitative estimate of drug-likeness (QED) is 0.644. The van der Waals surface area contributed by atoms with Gasteiger partial charge in [0.15, 0.2) is 0 Å². The molecule has 2 N–H and O–H groups in total. The number of hydrogen-bond acceptors (Lipinski definition) is 4. The maximum Gasteiger partial charge on any atom is 0.223 e. The molecule has 1 aliphatic heterocycles. The highest BCUT2D eigenvalue weighted by molar-refractivity contribution is 5.78. The molecule has 1 atom stereocenters. The van der Waals surface area contributed by atoms with Crippen molar-refractivity contribution in [2.45, 2.75) is 27.0 Å². The van der Waals surface area contributed by atoms with Gasteiger partial charge in [0, 0.05) is 19.1 Å². The SMILES string of the molecule is CCOCCOCc1cccc(CNC(=O)C(C)C2CNC2)c1. The van der Waals surface area contributed by atoms with Gasteiger partial charge in [-0.25, -0.2) is 0 Å². The second-order valence-electron chi connectivity index (χ2n) is 5.99. The fraction of sp³-hybridized carbons (Fsp3) is 0.611. The van der Waals surface area contributed by atoms with E-state index in [-0.39, 0.29) is 11.8 Å². The molecule has 0 aliphatic carbocycles. The van der Waals surface area contributed by atoms with Gasteiger partial charge in [-0.15, -0.1) is 0 Å². The fourth-order valence-corrected chi connectivity index (χ4v) is 2.51. The van der Waals surface area contributed by atoms with E-state index in [1.807, 2.05) is 32.0 Å². The molecular formula is C18H28N2O3. The number of nitrogens with one attached hydrogen (secondary N) is 2. The Morgan fingerprint density at radius 2 is 2.04 bits per heavy atom. The van der Waals surface area contributed by atoms with E-state index in [2.05, 4.69) is 16.7 Å². The monoisotopic (exact) mass is 320 g/mol. The Balaban J connectivity index is 1.72. The van der Waals surface area contributed by atoms with Crippen molar-refractivity contribution in [1.82, 2.24) is 10.6 Å². The van der Waals surface area contributed by atoms with Crippen LogP contribution >= 0.6 is 0 Å². The van der Waals surface area contributed by atoms with Crippen LogP contribution in [0.4, 0.5) is 0 Å². The highest BCUT2D eigenvalue weighted by Gasteiger charge is 2.28. The van der Waals surface area contributed by atoms with Gasteiger partial charge in [-0.3, -0.25) is 4.79 Å². The number of carbonyl (C=O) groups is 1. The Kier molecular flexibility index (Phi) is 7.52. The van der Waals surface area contributed by atoms with Crippen molar-refractivity contribution in [3.05, 3.63) is 35.4 Å². The first-order valence-electron chi connectivity index (χ1n) is 8.42. The topological polar surface area (TPSA) is 59.6 Å². The van der Waals surface area contributed by atoms with Crippen molar-refractivity contribution in [3.8, 4) is 0 Å². The minimum Gasteiger partial charge on any atom is -0.379 e. The summed E-state index contributed by atoms with van der Waals surface area (Å²) in [6, 6.07) is 8.15. The molecule has 1 saturated heterocycles. The number of hydrogen-bond donors (Lipinski definition) is 2. The summed E-state index contributed by atoms with van der Waals surface area (Å²) >= 11 is 0. The first-order valence-corrected chi connectivity index (χ1v) is 8.42. The Morgan fingerprint density at radius 1 is 1.30 bits per heavy atom. The van der Waals surface area contributed by atoms with Gasteiger partial charge in [-0.2, -0.15) is 0 Å². The van der Waals surface area contributed by atoms with Crippen LogP contribution in [0.25, 0.3) is 0 Å². The third-order valence-electron chi connectivity index (χ3n) is 4.24. The number of rotatable bonds is 10. The van der Waals surface area contributed by atoms with Gasteiger partial charge in [0.05, 0.1) is 19.8 Å². The summed E-state index contributed by atoms with van der Waals surface area (Å²) in [4.78, 5) is 12.1. The Labute approximate surface area is 138 Å². The van der Waals surface area contributed by atoms with Crippen molar-refractivity contribution in [2.24, 2.45) is 11.8 Å². The van der Waals surface area contributed by atoms with Crippen LogP contribution in [-0.4, -0.2) is 38.8 Å². The molecule has 0 radical (unpaired) electrons. The van der Waals surface area contributed by atoms with E-state index < -0.39 is 0 Å². The summed E-state index contributed by atoms with van der Waals surface area (Å²) in [7, 11) is 0. The van der Waals surface area contributed by atoms with Crippen LogP contribution in [0, 0.1) is 11.8 Å². The molecule has 1 amide bonds. The lowest BCUT2D eigenvalue weighted by Crippen LogP contribution is -2.49. The minimum absolute atomic E-state index is 0.0707. The van der Waals surface area contributed by atoms with Crippen molar-refractivity contribution in [1.29, 1.82) is 0 Å². The number of carbonyl (C=O) groups excluding carboxylic acids is 1. The average molecular weight is 320 g/mol. The molecule has 5 nitrogen and oxygen atoms in total. The summed E-state index contributed by atoms with van der Waals surface area (Å²) in [5.41, 5.74) is 2.22. The highest BCUT2D eigenvalue weighted by Crippen LogP contribution is 2.16. The molecule has 1 unspecified atom stereocenters. The average Bonchev–Trinajstić information content (AvgIpc) is 2.51. The third kappa shape index (κ3) is 5.94. The molecule has 0 aromatic heterocycles. The van der Waals surface area contributed by atoms with Crippen LogP contribution in [-0.2, 0) is 27.4 Å². The smallest absolute Gasteiger partial charge is 0.223 e. The van der Waals surface area contributed by atoms with Crippen LogP contribution in [0.5, 0.6) is 0 Å². The van der Waals surface area contributed by atoms with Crippen molar-refractivity contribution in [2.75, 3.05) is 32.9 Å². The van der Waals surface area contributed by atoms with Crippen molar-refractivity contribution < 1.29 is 14.3 Å². The molecule has 1 fully saturated rings. The zero-order chi connectivity index (χ0) is 16.5. The van der Waals surface area contributed by atoms with Gasteiger partial charge in [0.1, 0.15) is 0 Å². The van der Waals surface area contributed by atoms with E-state index in [9.17, 15) is 4.79 Å². The zero-order valence-electron chi connectivity index (χ0n) is 14.1. The van der Waals surface area contributed by atoms with E-state index in [1.165, 1.54) is 0 Å². The van der Waals surface area contributed by atoms with E-state index in [1.54, 1.807) is 0 Å². The molecule has 23 heavy (non-hydrogen) atoms. The Hall–Kier alpha value is -1.43. The zero-order valence-corrected chi connectivity index (χ0v) is 14.1. The standard InChI is InChI=1S/C18H28N2O3/c1-3-22-7-8-23-13-16-6-4-5-15(9-16)10-20-18(21)14(2)17-11-19-12-17/h4-6,9,14,17,19H,3,7-8,10-13H2,1-2H3,(H,20,21). The van der Waals surface area contributed by atoms with Gasteiger partial charge in [0.25, 0.3) is 0 Å². The van der Waals surface area contributed by atoms with E-state index in [0.717, 1.165) is 24.2 Å². The van der Waals surface area contributed by atoms with Gasteiger partial charge < -0.3 is 20.1 Å². The Morgan fingerprint density at radius 3 is 2.74 bits per heavy atom. The largest absolute Gasteiger partial charge is 0.379 e. The molecule has 1 heterocycles. The van der Waals surface area contributed by atoms with Gasteiger partial charge in [-0.1, -0.05) is 31.2 Å². The maximum absolute atomic E-state index is 12.1. The summed E-state index contributed by atoms with van der Waals surface area (Å²) < 4.78 is 10.8. The number of ether oxygens (including phenoxy) is 2. The van der Waals surface area contributed by atoms with E-state index in [4.69, 9.17) is 9.47 Å².